The number of aliphatic carboxylic acids is 1. The molecule has 1 aromatic carbocycles. The standard InChI is InChI=1S/C11H10O2.C5H8O3/c12-11(13)9-5-4-8-10-6-2-1-3-7-10;1-2-5(7)8-4-3-6/h1-9H,(H,12,13);2,6H,1,3-4H2. The molecule has 0 fully saturated rings. The van der Waals surface area contributed by atoms with E-state index in [1.165, 1.54) is 6.08 Å². The predicted molar refractivity (Wildman–Crippen MR) is 80.5 cm³/mol. The lowest BCUT2D eigenvalue weighted by molar-refractivity contribution is -0.138. The van der Waals surface area contributed by atoms with Gasteiger partial charge < -0.3 is 14.9 Å². The Morgan fingerprint density at radius 1 is 1.19 bits per heavy atom. The predicted octanol–water partition coefficient (Wildman–Crippen LogP) is 2.05. The third-order valence-electron chi connectivity index (χ3n) is 1.94. The van der Waals surface area contributed by atoms with Crippen molar-refractivity contribution in [3.05, 3.63) is 66.8 Å². The average molecular weight is 290 g/mol. The second kappa shape index (κ2) is 12.4. The first-order chi connectivity index (χ1) is 10.1. The normalized spacial score (nSPS) is 9.95. The fourth-order valence-corrected chi connectivity index (χ4v) is 1.07. The van der Waals surface area contributed by atoms with Crippen LogP contribution in [0.4, 0.5) is 0 Å². The number of hydrogen-bond acceptors (Lipinski definition) is 4. The van der Waals surface area contributed by atoms with Crippen molar-refractivity contribution in [1.82, 2.24) is 0 Å². The van der Waals surface area contributed by atoms with Gasteiger partial charge in [0.1, 0.15) is 6.61 Å². The van der Waals surface area contributed by atoms with Crippen LogP contribution in [0.1, 0.15) is 5.56 Å². The van der Waals surface area contributed by atoms with Gasteiger partial charge in [-0.1, -0.05) is 55.1 Å². The van der Waals surface area contributed by atoms with E-state index in [4.69, 9.17) is 10.2 Å². The van der Waals surface area contributed by atoms with Crippen LogP contribution in [-0.2, 0) is 14.3 Å². The van der Waals surface area contributed by atoms with Crippen LogP contribution in [0.25, 0.3) is 6.08 Å². The van der Waals surface area contributed by atoms with Crippen molar-refractivity contribution >= 4 is 18.0 Å². The summed E-state index contributed by atoms with van der Waals surface area (Å²) in [5, 5.41) is 16.4. The third-order valence-corrected chi connectivity index (χ3v) is 1.94. The molecule has 0 heterocycles. The van der Waals surface area contributed by atoms with Gasteiger partial charge in [-0.05, 0) is 5.56 Å². The molecule has 0 aromatic heterocycles. The van der Waals surface area contributed by atoms with Crippen LogP contribution in [0.15, 0.2) is 61.2 Å². The number of carboxylic acids is 1. The van der Waals surface area contributed by atoms with E-state index in [0.717, 1.165) is 17.7 Å². The summed E-state index contributed by atoms with van der Waals surface area (Å²) in [5.41, 5.74) is 1.05. The van der Waals surface area contributed by atoms with Crippen LogP contribution < -0.4 is 0 Å². The van der Waals surface area contributed by atoms with E-state index in [2.05, 4.69) is 11.3 Å². The van der Waals surface area contributed by atoms with Crippen molar-refractivity contribution in [2.75, 3.05) is 13.2 Å². The highest BCUT2D eigenvalue weighted by molar-refractivity contribution is 5.81. The molecule has 2 N–H and O–H groups in total. The zero-order valence-electron chi connectivity index (χ0n) is 11.5. The van der Waals surface area contributed by atoms with Gasteiger partial charge in [-0.15, -0.1) is 0 Å². The minimum Gasteiger partial charge on any atom is -0.478 e. The van der Waals surface area contributed by atoms with Crippen LogP contribution >= 0.6 is 0 Å². The minimum absolute atomic E-state index is 0.0465. The van der Waals surface area contributed by atoms with Crippen molar-refractivity contribution in [3.8, 4) is 0 Å². The number of ether oxygens (including phenoxy) is 1. The molecule has 0 bridgehead atoms. The van der Waals surface area contributed by atoms with E-state index < -0.39 is 11.9 Å². The van der Waals surface area contributed by atoms with E-state index >= 15 is 0 Å². The molecule has 0 amide bonds. The maximum Gasteiger partial charge on any atom is 0.330 e. The van der Waals surface area contributed by atoms with Crippen molar-refractivity contribution in [3.63, 3.8) is 0 Å². The smallest absolute Gasteiger partial charge is 0.330 e. The van der Waals surface area contributed by atoms with Gasteiger partial charge in [-0.25, -0.2) is 9.59 Å². The molecule has 5 nitrogen and oxygen atoms in total. The first-order valence-electron chi connectivity index (χ1n) is 6.13. The molecule has 0 radical (unpaired) electrons. The van der Waals surface area contributed by atoms with E-state index in [9.17, 15) is 9.59 Å². The monoisotopic (exact) mass is 290 g/mol. The third kappa shape index (κ3) is 12.1. The maximum atomic E-state index is 10.1. The van der Waals surface area contributed by atoms with Gasteiger partial charge in [-0.3, -0.25) is 0 Å². The molecule has 21 heavy (non-hydrogen) atoms. The van der Waals surface area contributed by atoms with E-state index in [-0.39, 0.29) is 13.2 Å². The van der Waals surface area contributed by atoms with Crippen LogP contribution in [0.2, 0.25) is 0 Å². The molecule has 0 aliphatic carbocycles. The van der Waals surface area contributed by atoms with Crippen molar-refractivity contribution in [1.29, 1.82) is 0 Å². The first kappa shape index (κ1) is 18.3. The zero-order chi connectivity index (χ0) is 15.9. The number of carbonyl (C=O) groups is 2. The van der Waals surface area contributed by atoms with Gasteiger partial charge in [0.2, 0.25) is 0 Å². The average Bonchev–Trinajstić information content (AvgIpc) is 2.50. The SMILES string of the molecule is C=CC(=O)OCCO.O=C(O)C=CC=Cc1ccccc1. The van der Waals surface area contributed by atoms with Crippen molar-refractivity contribution < 1.29 is 24.5 Å². The lowest BCUT2D eigenvalue weighted by atomic mass is 10.2. The molecule has 1 rings (SSSR count). The number of benzene rings is 1. The Kier molecular flexibility index (Phi) is 10.8. The van der Waals surface area contributed by atoms with Gasteiger partial charge in [0, 0.05) is 12.2 Å². The number of allylic oxidation sites excluding steroid dienone is 2. The Balaban J connectivity index is 0.000000433. The maximum absolute atomic E-state index is 10.1. The summed E-state index contributed by atoms with van der Waals surface area (Å²) < 4.78 is 4.33. The Labute approximate surface area is 123 Å². The summed E-state index contributed by atoms with van der Waals surface area (Å²) >= 11 is 0. The van der Waals surface area contributed by atoms with Crippen molar-refractivity contribution in [2.45, 2.75) is 0 Å². The van der Waals surface area contributed by atoms with Crippen molar-refractivity contribution in [2.24, 2.45) is 0 Å². The Bertz CT molecular complexity index is 489. The second-order valence-electron chi connectivity index (χ2n) is 3.56. The molecule has 0 unspecified atom stereocenters. The first-order valence-corrected chi connectivity index (χ1v) is 6.13. The van der Waals surface area contributed by atoms with Gasteiger partial charge >= 0.3 is 11.9 Å². The summed E-state index contributed by atoms with van der Waals surface area (Å²) in [4.78, 5) is 20.2. The molecule has 5 heteroatoms. The topological polar surface area (TPSA) is 83.8 Å². The number of aliphatic hydroxyl groups is 1. The van der Waals surface area contributed by atoms with Crippen LogP contribution in [0, 0.1) is 0 Å². The molecule has 0 atom stereocenters. The lowest BCUT2D eigenvalue weighted by Gasteiger charge is -1.94. The molecule has 0 aliphatic rings. The van der Waals surface area contributed by atoms with Crippen LogP contribution in [0.5, 0.6) is 0 Å². The summed E-state index contributed by atoms with van der Waals surface area (Å²) in [6.07, 6.45) is 7.19. The summed E-state index contributed by atoms with van der Waals surface area (Å²) in [5.74, 6) is -1.43. The van der Waals surface area contributed by atoms with Crippen LogP contribution in [0.3, 0.4) is 0 Å². The number of carboxylic acid groups (broad SMARTS) is 1. The van der Waals surface area contributed by atoms with E-state index in [0.29, 0.717) is 0 Å². The molecule has 0 aliphatic heterocycles. The van der Waals surface area contributed by atoms with E-state index in [1.807, 2.05) is 36.4 Å². The fourth-order valence-electron chi connectivity index (χ4n) is 1.07. The van der Waals surface area contributed by atoms with Gasteiger partial charge in [0.25, 0.3) is 0 Å². The Hall–Kier alpha value is -2.66. The van der Waals surface area contributed by atoms with Gasteiger partial charge in [0.05, 0.1) is 6.61 Å². The highest BCUT2D eigenvalue weighted by Gasteiger charge is 1.90. The molecular weight excluding hydrogens is 272 g/mol. The van der Waals surface area contributed by atoms with Gasteiger partial charge in [0.15, 0.2) is 0 Å². The quantitative estimate of drug-likeness (QED) is 0.476. The zero-order valence-corrected chi connectivity index (χ0v) is 11.5. The number of hydrogen-bond donors (Lipinski definition) is 2. The number of rotatable bonds is 6. The van der Waals surface area contributed by atoms with E-state index in [1.54, 1.807) is 6.08 Å². The molecule has 0 spiro atoms. The molecular formula is C16H18O5. The minimum atomic E-state index is -0.933. The second-order valence-corrected chi connectivity index (χ2v) is 3.56. The number of esters is 1. The molecule has 0 saturated heterocycles. The molecule has 0 saturated carbocycles. The number of carbonyl (C=O) groups excluding carboxylic acids is 1. The Morgan fingerprint density at radius 2 is 1.86 bits per heavy atom. The highest BCUT2D eigenvalue weighted by atomic mass is 16.5. The fraction of sp³-hybridized carbons (Fsp3) is 0.125. The van der Waals surface area contributed by atoms with Crippen LogP contribution in [-0.4, -0.2) is 35.4 Å². The largest absolute Gasteiger partial charge is 0.478 e. The molecule has 112 valence electrons. The Morgan fingerprint density at radius 3 is 2.38 bits per heavy atom. The van der Waals surface area contributed by atoms with Gasteiger partial charge in [-0.2, -0.15) is 0 Å². The highest BCUT2D eigenvalue weighted by Crippen LogP contribution is 2.00. The summed E-state index contributed by atoms with van der Waals surface area (Å²) in [6, 6.07) is 9.70. The molecule has 1 aromatic rings. The summed E-state index contributed by atoms with van der Waals surface area (Å²) in [7, 11) is 0. The lowest BCUT2D eigenvalue weighted by Crippen LogP contribution is -2.04. The summed E-state index contributed by atoms with van der Waals surface area (Å²) in [6.45, 7) is 3.06. The number of aliphatic hydroxyl groups excluding tert-OH is 1.